The summed E-state index contributed by atoms with van der Waals surface area (Å²) in [6.07, 6.45) is 0.938. The molecule has 1 aromatic carbocycles. The average Bonchev–Trinajstić information content (AvgIpc) is 3.10. The standard InChI is InChI=1S/C16H18ClN5OS/c1-11-10-14(23)22(20-11)13-6-4-12(5-7-13)15-18-19-16(21(15)2)24-9-3-8-17/h4-7,10,20H,3,8-9H2,1-2H3. The Hall–Kier alpha value is -1.99. The maximum absolute atomic E-state index is 11.9. The van der Waals surface area contributed by atoms with Gasteiger partial charge in [0.1, 0.15) is 0 Å². The molecule has 0 aliphatic rings. The van der Waals surface area contributed by atoms with Crippen LogP contribution in [0.15, 0.2) is 40.3 Å². The number of halogens is 1. The van der Waals surface area contributed by atoms with E-state index in [1.165, 1.54) is 4.68 Å². The van der Waals surface area contributed by atoms with Gasteiger partial charge in [-0.2, -0.15) is 0 Å². The van der Waals surface area contributed by atoms with Crippen LogP contribution in [0.4, 0.5) is 0 Å². The summed E-state index contributed by atoms with van der Waals surface area (Å²) in [6, 6.07) is 9.23. The van der Waals surface area contributed by atoms with Crippen molar-refractivity contribution >= 4 is 23.4 Å². The van der Waals surface area contributed by atoms with E-state index < -0.39 is 0 Å². The Bertz CT molecular complexity index is 881. The van der Waals surface area contributed by atoms with Gasteiger partial charge in [-0.25, -0.2) is 4.68 Å². The summed E-state index contributed by atoms with van der Waals surface area (Å²) in [4.78, 5) is 11.9. The zero-order valence-electron chi connectivity index (χ0n) is 13.5. The number of nitrogens with one attached hydrogen (secondary N) is 1. The van der Waals surface area contributed by atoms with E-state index in [0.29, 0.717) is 5.88 Å². The molecule has 0 saturated heterocycles. The van der Waals surface area contributed by atoms with Crippen molar-refractivity contribution in [3.8, 4) is 17.1 Å². The molecule has 0 atom stereocenters. The fourth-order valence-electron chi connectivity index (χ4n) is 2.37. The molecule has 0 spiro atoms. The van der Waals surface area contributed by atoms with Gasteiger partial charge in [0.25, 0.3) is 5.56 Å². The first-order valence-corrected chi connectivity index (χ1v) is 9.10. The third kappa shape index (κ3) is 3.42. The van der Waals surface area contributed by atoms with E-state index in [9.17, 15) is 4.79 Å². The van der Waals surface area contributed by atoms with Crippen LogP contribution in [0.2, 0.25) is 0 Å². The van der Waals surface area contributed by atoms with Gasteiger partial charge in [-0.3, -0.25) is 9.89 Å². The molecule has 0 saturated carbocycles. The lowest BCUT2D eigenvalue weighted by molar-refractivity contribution is 0.793. The predicted molar refractivity (Wildman–Crippen MR) is 97.2 cm³/mol. The van der Waals surface area contributed by atoms with Crippen molar-refractivity contribution in [2.75, 3.05) is 11.6 Å². The maximum Gasteiger partial charge on any atom is 0.271 e. The quantitative estimate of drug-likeness (QED) is 0.415. The zero-order chi connectivity index (χ0) is 17.1. The summed E-state index contributed by atoms with van der Waals surface area (Å²) in [6.45, 7) is 1.86. The molecule has 0 amide bonds. The van der Waals surface area contributed by atoms with E-state index in [1.54, 1.807) is 17.8 Å². The van der Waals surface area contributed by atoms with Gasteiger partial charge in [-0.05, 0) is 37.6 Å². The van der Waals surface area contributed by atoms with E-state index in [1.807, 2.05) is 42.8 Å². The van der Waals surface area contributed by atoms with Crippen molar-refractivity contribution in [3.05, 3.63) is 46.4 Å². The molecule has 0 aliphatic heterocycles. The minimum atomic E-state index is -0.0723. The molecule has 126 valence electrons. The second-order valence-electron chi connectivity index (χ2n) is 5.42. The van der Waals surface area contributed by atoms with Crippen LogP contribution in [0.3, 0.4) is 0 Å². The van der Waals surface area contributed by atoms with Gasteiger partial charge in [0.15, 0.2) is 11.0 Å². The second-order valence-corrected chi connectivity index (χ2v) is 6.86. The van der Waals surface area contributed by atoms with Gasteiger partial charge in [0.2, 0.25) is 0 Å². The summed E-state index contributed by atoms with van der Waals surface area (Å²) in [7, 11) is 1.95. The Morgan fingerprint density at radius 3 is 2.62 bits per heavy atom. The van der Waals surface area contributed by atoms with Crippen molar-refractivity contribution < 1.29 is 0 Å². The Balaban J connectivity index is 1.83. The summed E-state index contributed by atoms with van der Waals surface area (Å²) in [5, 5.41) is 12.4. The fraction of sp³-hybridized carbons (Fsp3) is 0.312. The lowest BCUT2D eigenvalue weighted by Crippen LogP contribution is -2.13. The number of alkyl halides is 1. The highest BCUT2D eigenvalue weighted by atomic mass is 35.5. The van der Waals surface area contributed by atoms with Gasteiger partial charge in [-0.15, -0.1) is 21.8 Å². The first-order valence-electron chi connectivity index (χ1n) is 7.58. The number of aromatic nitrogens is 5. The number of rotatable bonds is 6. The highest BCUT2D eigenvalue weighted by Gasteiger charge is 2.11. The van der Waals surface area contributed by atoms with Crippen LogP contribution >= 0.6 is 23.4 Å². The molecule has 3 aromatic rings. The minimum Gasteiger partial charge on any atom is -0.305 e. The second kappa shape index (κ2) is 7.27. The molecule has 0 fully saturated rings. The molecule has 3 rings (SSSR count). The molecule has 8 heteroatoms. The summed E-state index contributed by atoms with van der Waals surface area (Å²) in [5.74, 6) is 2.37. The molecule has 2 aromatic heterocycles. The minimum absolute atomic E-state index is 0.0723. The van der Waals surface area contributed by atoms with E-state index >= 15 is 0 Å². The first-order chi connectivity index (χ1) is 11.6. The molecule has 0 bridgehead atoms. The molecule has 24 heavy (non-hydrogen) atoms. The van der Waals surface area contributed by atoms with Gasteiger partial charge in [-0.1, -0.05) is 11.8 Å². The third-order valence-electron chi connectivity index (χ3n) is 3.58. The number of hydrogen-bond acceptors (Lipinski definition) is 4. The largest absolute Gasteiger partial charge is 0.305 e. The lowest BCUT2D eigenvalue weighted by atomic mass is 10.2. The van der Waals surface area contributed by atoms with Gasteiger partial charge in [0.05, 0.1) is 5.69 Å². The smallest absolute Gasteiger partial charge is 0.271 e. The number of benzene rings is 1. The highest BCUT2D eigenvalue weighted by Crippen LogP contribution is 2.23. The zero-order valence-corrected chi connectivity index (χ0v) is 15.1. The number of aryl methyl sites for hydroxylation is 1. The molecular formula is C16H18ClN5OS. The Morgan fingerprint density at radius 2 is 2.00 bits per heavy atom. The third-order valence-corrected chi connectivity index (χ3v) is 4.95. The van der Waals surface area contributed by atoms with Crippen LogP contribution in [0.25, 0.3) is 17.1 Å². The number of thioether (sulfide) groups is 1. The maximum atomic E-state index is 11.9. The van der Waals surface area contributed by atoms with Gasteiger partial charge in [0, 0.05) is 36.0 Å². The van der Waals surface area contributed by atoms with Crippen molar-refractivity contribution in [1.29, 1.82) is 0 Å². The first kappa shape index (κ1) is 16.9. The number of hydrogen-bond donors (Lipinski definition) is 1. The lowest BCUT2D eigenvalue weighted by Gasteiger charge is -2.05. The Morgan fingerprint density at radius 1 is 1.25 bits per heavy atom. The average molecular weight is 364 g/mol. The predicted octanol–water partition coefficient (Wildman–Crippen LogP) is 2.99. The molecule has 2 heterocycles. The van der Waals surface area contributed by atoms with Crippen LogP contribution in [0.1, 0.15) is 12.1 Å². The molecule has 0 radical (unpaired) electrons. The van der Waals surface area contributed by atoms with Crippen LogP contribution < -0.4 is 5.56 Å². The normalized spacial score (nSPS) is 11.1. The highest BCUT2D eigenvalue weighted by molar-refractivity contribution is 7.99. The van der Waals surface area contributed by atoms with Gasteiger partial charge >= 0.3 is 0 Å². The monoisotopic (exact) mass is 363 g/mol. The summed E-state index contributed by atoms with van der Waals surface area (Å²) in [5.41, 5.74) is 2.50. The molecule has 6 nitrogen and oxygen atoms in total. The topological polar surface area (TPSA) is 68.5 Å². The van der Waals surface area contributed by atoms with E-state index in [4.69, 9.17) is 11.6 Å². The van der Waals surface area contributed by atoms with Crippen molar-refractivity contribution in [2.24, 2.45) is 7.05 Å². The number of nitrogens with zero attached hydrogens (tertiary/aromatic N) is 4. The molecular weight excluding hydrogens is 346 g/mol. The molecule has 0 aliphatic carbocycles. The number of aromatic amines is 1. The SMILES string of the molecule is Cc1cc(=O)n(-c2ccc(-c3nnc(SCCCCl)n3C)cc2)[nH]1. The van der Waals surface area contributed by atoms with Crippen LogP contribution in [-0.2, 0) is 7.05 Å². The van der Waals surface area contributed by atoms with Crippen LogP contribution in [-0.4, -0.2) is 36.2 Å². The van der Waals surface area contributed by atoms with Crippen molar-refractivity contribution in [3.63, 3.8) is 0 Å². The van der Waals surface area contributed by atoms with Crippen molar-refractivity contribution in [1.82, 2.24) is 24.5 Å². The van der Waals surface area contributed by atoms with Crippen LogP contribution in [0.5, 0.6) is 0 Å². The molecule has 1 N–H and O–H groups in total. The Labute approximate surface area is 148 Å². The van der Waals surface area contributed by atoms with Crippen LogP contribution in [0, 0.1) is 6.92 Å². The number of H-pyrrole nitrogens is 1. The Kier molecular flexibility index (Phi) is 5.11. The van der Waals surface area contributed by atoms with Crippen molar-refractivity contribution in [2.45, 2.75) is 18.5 Å². The molecule has 0 unspecified atom stereocenters. The van der Waals surface area contributed by atoms with E-state index in [2.05, 4.69) is 15.3 Å². The van der Waals surface area contributed by atoms with Gasteiger partial charge < -0.3 is 4.57 Å². The fourth-order valence-corrected chi connectivity index (χ4v) is 3.52. The summed E-state index contributed by atoms with van der Waals surface area (Å²) >= 11 is 7.35. The van der Waals surface area contributed by atoms with E-state index in [0.717, 1.165) is 40.1 Å². The summed E-state index contributed by atoms with van der Waals surface area (Å²) < 4.78 is 3.49. The van der Waals surface area contributed by atoms with E-state index in [-0.39, 0.29) is 5.56 Å².